The second kappa shape index (κ2) is 11.2. The van der Waals surface area contributed by atoms with Gasteiger partial charge in [0.2, 0.25) is 0 Å². The highest BCUT2D eigenvalue weighted by Crippen LogP contribution is 2.15. The fourth-order valence-electron chi connectivity index (χ4n) is 3.17. The van der Waals surface area contributed by atoms with Gasteiger partial charge in [-0.15, -0.1) is 0 Å². The average Bonchev–Trinajstić information content (AvgIpc) is 3.17. The third-order valence-corrected chi connectivity index (χ3v) is 4.97. The largest absolute Gasteiger partial charge is 0.361 e. The maximum atomic E-state index is 12.4. The van der Waals surface area contributed by atoms with Crippen molar-refractivity contribution in [2.75, 3.05) is 20.1 Å². The number of nitrogens with one attached hydrogen (secondary N) is 2. The maximum absolute atomic E-state index is 12.4. The molecule has 0 saturated heterocycles. The van der Waals surface area contributed by atoms with Gasteiger partial charge in [0, 0.05) is 50.8 Å². The van der Waals surface area contributed by atoms with Crippen molar-refractivity contribution in [3.63, 3.8) is 0 Å². The Hall–Kier alpha value is -2.83. The van der Waals surface area contributed by atoms with E-state index in [1.54, 1.807) is 7.05 Å². The van der Waals surface area contributed by atoms with E-state index in [1.807, 2.05) is 43.0 Å². The Morgan fingerprint density at radius 3 is 2.24 bits per heavy atom. The molecule has 1 aromatic heterocycles. The topological polar surface area (TPSA) is 82.8 Å². The van der Waals surface area contributed by atoms with Gasteiger partial charge in [0.15, 0.2) is 5.96 Å². The number of carbonyl (C=O) groups is 1. The van der Waals surface area contributed by atoms with E-state index in [-0.39, 0.29) is 5.91 Å². The zero-order chi connectivity index (χ0) is 21.2. The van der Waals surface area contributed by atoms with Crippen LogP contribution in [0.15, 0.2) is 33.8 Å². The number of aromatic nitrogens is 1. The molecule has 0 radical (unpaired) electrons. The fraction of sp³-hybridized carbons (Fsp3) is 0.500. The number of amides is 1. The van der Waals surface area contributed by atoms with Gasteiger partial charge in [-0.25, -0.2) is 0 Å². The molecule has 2 aromatic rings. The molecule has 0 aliphatic carbocycles. The molecule has 29 heavy (non-hydrogen) atoms. The van der Waals surface area contributed by atoms with Crippen LogP contribution in [0, 0.1) is 0 Å². The van der Waals surface area contributed by atoms with Crippen LogP contribution in [-0.4, -0.2) is 42.1 Å². The Labute approximate surface area is 173 Å². The Morgan fingerprint density at radius 2 is 1.69 bits per heavy atom. The molecule has 2 N–H and O–H groups in total. The van der Waals surface area contributed by atoms with E-state index in [1.165, 1.54) is 0 Å². The second-order valence-corrected chi connectivity index (χ2v) is 6.69. The highest BCUT2D eigenvalue weighted by molar-refractivity contribution is 5.94. The molecule has 7 nitrogen and oxygen atoms in total. The van der Waals surface area contributed by atoms with Gasteiger partial charge in [-0.05, 0) is 38.0 Å². The quantitative estimate of drug-likeness (QED) is 0.500. The van der Waals surface area contributed by atoms with Crippen LogP contribution in [0.1, 0.15) is 60.6 Å². The van der Waals surface area contributed by atoms with Gasteiger partial charge in [-0.1, -0.05) is 31.1 Å². The first-order valence-electron chi connectivity index (χ1n) is 10.4. The molecule has 0 aliphatic heterocycles. The van der Waals surface area contributed by atoms with Crippen LogP contribution in [0.3, 0.4) is 0 Å². The highest BCUT2D eigenvalue weighted by Gasteiger charge is 2.14. The molecule has 0 fully saturated rings. The van der Waals surface area contributed by atoms with E-state index in [4.69, 9.17) is 4.52 Å². The first-order chi connectivity index (χ1) is 14.1. The predicted molar refractivity (Wildman–Crippen MR) is 116 cm³/mol. The smallest absolute Gasteiger partial charge is 0.253 e. The standard InChI is InChI=1S/C22H33N5O2/c1-6-19-18(20(7-2)29-26-19)15-25-22(23-5)24-14-16-10-12-17(13-11-16)21(28)27(8-3)9-4/h10-13H,6-9,14-15H2,1-5H3,(H2,23,24,25). The van der Waals surface area contributed by atoms with E-state index < -0.39 is 0 Å². The number of guanidine groups is 1. The molecule has 1 heterocycles. The summed E-state index contributed by atoms with van der Waals surface area (Å²) in [6, 6.07) is 7.71. The number of aliphatic imine (C=N–C) groups is 1. The molecule has 0 bridgehead atoms. The summed E-state index contributed by atoms with van der Waals surface area (Å²) in [7, 11) is 1.75. The minimum absolute atomic E-state index is 0.0687. The van der Waals surface area contributed by atoms with Crippen LogP contribution in [-0.2, 0) is 25.9 Å². The molecule has 0 aliphatic rings. The van der Waals surface area contributed by atoms with Gasteiger partial charge in [0.05, 0.1) is 5.69 Å². The van der Waals surface area contributed by atoms with Crippen LogP contribution < -0.4 is 10.6 Å². The molecular formula is C22H33N5O2. The SMILES string of the molecule is CCc1noc(CC)c1CNC(=NC)NCc1ccc(C(=O)N(CC)CC)cc1. The maximum Gasteiger partial charge on any atom is 0.253 e. The van der Waals surface area contributed by atoms with Crippen molar-refractivity contribution in [2.24, 2.45) is 4.99 Å². The summed E-state index contributed by atoms with van der Waals surface area (Å²) >= 11 is 0. The fourth-order valence-corrected chi connectivity index (χ4v) is 3.17. The molecule has 0 unspecified atom stereocenters. The molecule has 158 valence electrons. The van der Waals surface area contributed by atoms with Crippen LogP contribution in [0.4, 0.5) is 0 Å². The summed E-state index contributed by atoms with van der Waals surface area (Å²) in [6.45, 7) is 10.8. The number of nitrogens with zero attached hydrogens (tertiary/aromatic N) is 3. The normalized spacial score (nSPS) is 11.4. The van der Waals surface area contributed by atoms with Crippen LogP contribution in [0.5, 0.6) is 0 Å². The van der Waals surface area contributed by atoms with E-state index in [2.05, 4.69) is 34.6 Å². The molecule has 0 atom stereocenters. The van der Waals surface area contributed by atoms with Gasteiger partial charge in [-0.2, -0.15) is 0 Å². The summed E-state index contributed by atoms with van der Waals surface area (Å²) in [4.78, 5) is 18.5. The van der Waals surface area contributed by atoms with Gasteiger partial charge >= 0.3 is 0 Å². The average molecular weight is 400 g/mol. The van der Waals surface area contributed by atoms with E-state index in [0.717, 1.165) is 35.4 Å². The van der Waals surface area contributed by atoms with Crippen molar-refractivity contribution in [3.8, 4) is 0 Å². The summed E-state index contributed by atoms with van der Waals surface area (Å²) in [5, 5.41) is 10.8. The molecule has 7 heteroatoms. The number of hydrogen-bond acceptors (Lipinski definition) is 4. The Morgan fingerprint density at radius 1 is 1.03 bits per heavy atom. The van der Waals surface area contributed by atoms with Crippen LogP contribution >= 0.6 is 0 Å². The third kappa shape index (κ3) is 5.82. The predicted octanol–water partition coefficient (Wildman–Crippen LogP) is 3.15. The lowest BCUT2D eigenvalue weighted by Gasteiger charge is -2.18. The first-order valence-corrected chi connectivity index (χ1v) is 10.4. The zero-order valence-electron chi connectivity index (χ0n) is 18.2. The second-order valence-electron chi connectivity index (χ2n) is 6.69. The van der Waals surface area contributed by atoms with Crippen molar-refractivity contribution in [3.05, 3.63) is 52.4 Å². The summed E-state index contributed by atoms with van der Waals surface area (Å²) in [6.07, 6.45) is 1.65. The number of benzene rings is 1. The van der Waals surface area contributed by atoms with Gasteiger partial charge in [0.25, 0.3) is 5.91 Å². The van der Waals surface area contributed by atoms with Crippen LogP contribution in [0.2, 0.25) is 0 Å². The lowest BCUT2D eigenvalue weighted by Crippen LogP contribution is -2.36. The van der Waals surface area contributed by atoms with Crippen molar-refractivity contribution in [2.45, 2.75) is 53.6 Å². The molecule has 2 rings (SSSR count). The Bertz CT molecular complexity index is 786. The van der Waals surface area contributed by atoms with Crippen molar-refractivity contribution in [1.29, 1.82) is 0 Å². The van der Waals surface area contributed by atoms with Gasteiger partial charge in [0.1, 0.15) is 5.76 Å². The number of hydrogen-bond donors (Lipinski definition) is 2. The summed E-state index contributed by atoms with van der Waals surface area (Å²) in [5.74, 6) is 1.69. The lowest BCUT2D eigenvalue weighted by molar-refractivity contribution is 0.0773. The van der Waals surface area contributed by atoms with E-state index in [0.29, 0.717) is 37.7 Å². The monoisotopic (exact) mass is 399 g/mol. The molecular weight excluding hydrogens is 366 g/mol. The van der Waals surface area contributed by atoms with E-state index in [9.17, 15) is 4.79 Å². The Balaban J connectivity index is 1.93. The molecule has 1 aromatic carbocycles. The molecule has 0 spiro atoms. The summed E-state index contributed by atoms with van der Waals surface area (Å²) < 4.78 is 5.41. The van der Waals surface area contributed by atoms with Crippen molar-refractivity contribution >= 4 is 11.9 Å². The molecule has 1 amide bonds. The van der Waals surface area contributed by atoms with Crippen molar-refractivity contribution < 1.29 is 9.32 Å². The van der Waals surface area contributed by atoms with Crippen molar-refractivity contribution in [1.82, 2.24) is 20.7 Å². The number of carbonyl (C=O) groups excluding carboxylic acids is 1. The minimum atomic E-state index is 0.0687. The highest BCUT2D eigenvalue weighted by atomic mass is 16.5. The zero-order valence-corrected chi connectivity index (χ0v) is 18.2. The summed E-state index contributed by atoms with van der Waals surface area (Å²) in [5.41, 5.74) is 3.89. The van der Waals surface area contributed by atoms with Gasteiger partial charge < -0.3 is 20.1 Å². The van der Waals surface area contributed by atoms with E-state index >= 15 is 0 Å². The third-order valence-electron chi connectivity index (χ3n) is 4.97. The number of rotatable bonds is 9. The molecule has 0 saturated carbocycles. The minimum Gasteiger partial charge on any atom is -0.361 e. The first kappa shape index (κ1) is 22.5. The van der Waals surface area contributed by atoms with Crippen LogP contribution in [0.25, 0.3) is 0 Å². The number of aryl methyl sites for hydroxylation is 2. The Kier molecular flexibility index (Phi) is 8.70. The lowest BCUT2D eigenvalue weighted by atomic mass is 10.1. The van der Waals surface area contributed by atoms with Gasteiger partial charge in [-0.3, -0.25) is 9.79 Å².